The van der Waals surface area contributed by atoms with Crippen molar-refractivity contribution < 1.29 is 0 Å². The minimum atomic E-state index is 0.659. The summed E-state index contributed by atoms with van der Waals surface area (Å²) in [5.41, 5.74) is 9.77. The van der Waals surface area contributed by atoms with Gasteiger partial charge in [-0.15, -0.1) is 11.3 Å². The normalized spacial score (nSPS) is 11.8. The summed E-state index contributed by atoms with van der Waals surface area (Å²) < 4.78 is 4.93. The maximum atomic E-state index is 5.40. The third-order valence-electron chi connectivity index (χ3n) is 10.4. The Bertz CT molecular complexity index is 3190. The highest BCUT2D eigenvalue weighted by atomic mass is 32.1. The molecule has 0 aliphatic rings. The molecule has 0 aliphatic carbocycles. The third-order valence-corrected chi connectivity index (χ3v) is 11.5. The van der Waals surface area contributed by atoms with Gasteiger partial charge in [0.15, 0.2) is 0 Å². The van der Waals surface area contributed by atoms with Crippen molar-refractivity contribution >= 4 is 75.0 Å². The molecule has 3 heterocycles. The number of para-hydroxylation sites is 2. The Morgan fingerprint density at radius 3 is 1.98 bits per heavy atom. The van der Waals surface area contributed by atoms with Gasteiger partial charge in [0.05, 0.1) is 22.2 Å². The fourth-order valence-corrected chi connectivity index (χ4v) is 9.03. The first kappa shape index (κ1) is 29.1. The molecule has 0 saturated heterocycles. The topological polar surface area (TPSA) is 30.7 Å². The van der Waals surface area contributed by atoms with Crippen molar-refractivity contribution in [3.8, 4) is 39.5 Å². The Morgan fingerprint density at radius 1 is 0.404 bits per heavy atom. The van der Waals surface area contributed by atoms with Crippen LogP contribution in [0.15, 0.2) is 176 Å². The molecular formula is C48H29N3S. The number of hydrogen-bond acceptors (Lipinski definition) is 3. The first-order valence-corrected chi connectivity index (χ1v) is 18.4. The Labute approximate surface area is 303 Å². The number of thiophene rings is 1. The zero-order valence-corrected chi connectivity index (χ0v) is 28.8. The average Bonchev–Trinajstić information content (AvgIpc) is 3.75. The summed E-state index contributed by atoms with van der Waals surface area (Å²) in [7, 11) is 0. The van der Waals surface area contributed by atoms with Crippen LogP contribution in [0, 0.1) is 0 Å². The quantitative estimate of drug-likeness (QED) is 0.185. The van der Waals surface area contributed by atoms with Crippen LogP contribution >= 0.6 is 11.3 Å². The SMILES string of the molecule is c1ccc(-c2nc(-n3c4cc5ccccc5cc4c4cccc(-c5cccc(-c6ccc7sc8ccccc8c7c6)c5)c43)nc3ccccc23)cc1. The molecule has 52 heavy (non-hydrogen) atoms. The van der Waals surface area contributed by atoms with Crippen LogP contribution in [0.1, 0.15) is 0 Å². The lowest BCUT2D eigenvalue weighted by molar-refractivity contribution is 1.01. The molecule has 11 rings (SSSR count). The fraction of sp³-hybridized carbons (Fsp3) is 0. The number of nitrogens with zero attached hydrogens (tertiary/aromatic N) is 3. The number of hydrogen-bond donors (Lipinski definition) is 0. The molecule has 4 heteroatoms. The van der Waals surface area contributed by atoms with Crippen molar-refractivity contribution in [2.24, 2.45) is 0 Å². The zero-order chi connectivity index (χ0) is 34.2. The summed E-state index contributed by atoms with van der Waals surface area (Å²) in [6.45, 7) is 0. The summed E-state index contributed by atoms with van der Waals surface area (Å²) in [5.74, 6) is 0.659. The van der Waals surface area contributed by atoms with Crippen LogP contribution in [0.2, 0.25) is 0 Å². The van der Waals surface area contributed by atoms with Gasteiger partial charge < -0.3 is 0 Å². The van der Waals surface area contributed by atoms with Crippen molar-refractivity contribution in [1.29, 1.82) is 0 Å². The molecule has 3 nitrogen and oxygen atoms in total. The van der Waals surface area contributed by atoms with Crippen LogP contribution in [-0.4, -0.2) is 14.5 Å². The Morgan fingerprint density at radius 2 is 1.08 bits per heavy atom. The Hall–Kier alpha value is -6.62. The van der Waals surface area contributed by atoms with Gasteiger partial charge in [-0.05, 0) is 69.9 Å². The second-order valence-corrected chi connectivity index (χ2v) is 14.5. The highest BCUT2D eigenvalue weighted by molar-refractivity contribution is 7.25. The highest BCUT2D eigenvalue weighted by Crippen LogP contribution is 2.42. The number of fused-ring (bicyclic) bond motifs is 8. The standard InChI is InChI=1S/C48H29N3S/c1-2-12-30(13-3-1)46-39-19-6-8-22-42(39)49-48(50-46)51-43-29-33-15-5-4-14-32(33)27-40(43)38-21-11-20-36(47(38)51)35-17-10-16-31(26-35)34-24-25-45-41(28-34)37-18-7-9-23-44(37)52-45/h1-29H. The summed E-state index contributed by atoms with van der Waals surface area (Å²) in [6, 6.07) is 63.2. The van der Waals surface area contributed by atoms with Gasteiger partial charge >= 0.3 is 0 Å². The molecule has 242 valence electrons. The highest BCUT2D eigenvalue weighted by Gasteiger charge is 2.21. The molecule has 0 radical (unpaired) electrons. The van der Waals surface area contributed by atoms with E-state index in [1.54, 1.807) is 0 Å². The van der Waals surface area contributed by atoms with Crippen molar-refractivity contribution in [3.05, 3.63) is 176 Å². The van der Waals surface area contributed by atoms with Gasteiger partial charge in [-0.3, -0.25) is 4.57 Å². The predicted molar refractivity (Wildman–Crippen MR) is 221 cm³/mol. The van der Waals surface area contributed by atoms with Crippen molar-refractivity contribution in [1.82, 2.24) is 14.5 Å². The lowest BCUT2D eigenvalue weighted by Crippen LogP contribution is -2.04. The van der Waals surface area contributed by atoms with Gasteiger partial charge in [0.25, 0.3) is 0 Å². The maximum absolute atomic E-state index is 5.40. The minimum absolute atomic E-state index is 0.659. The van der Waals surface area contributed by atoms with Crippen LogP contribution in [0.5, 0.6) is 0 Å². The van der Waals surface area contributed by atoms with E-state index >= 15 is 0 Å². The third kappa shape index (κ3) is 4.51. The molecular weight excluding hydrogens is 651 g/mol. The average molecular weight is 680 g/mol. The van der Waals surface area contributed by atoms with E-state index in [1.807, 2.05) is 17.4 Å². The maximum Gasteiger partial charge on any atom is 0.235 e. The van der Waals surface area contributed by atoms with Crippen LogP contribution in [0.25, 0.3) is 103 Å². The molecule has 0 unspecified atom stereocenters. The molecule has 3 aromatic heterocycles. The predicted octanol–water partition coefficient (Wildman–Crippen LogP) is 13.2. The second kappa shape index (κ2) is 11.5. The molecule has 11 aromatic rings. The van der Waals surface area contributed by atoms with Gasteiger partial charge in [-0.1, -0.05) is 133 Å². The van der Waals surface area contributed by atoms with Gasteiger partial charge in [-0.2, -0.15) is 0 Å². The molecule has 0 bridgehead atoms. The molecule has 0 atom stereocenters. The van der Waals surface area contributed by atoms with E-state index in [4.69, 9.17) is 9.97 Å². The van der Waals surface area contributed by atoms with Crippen LogP contribution in [-0.2, 0) is 0 Å². The largest absolute Gasteiger partial charge is 0.277 e. The molecule has 0 saturated carbocycles. The molecule has 0 aliphatic heterocycles. The van der Waals surface area contributed by atoms with Crippen molar-refractivity contribution in [2.45, 2.75) is 0 Å². The van der Waals surface area contributed by atoms with Crippen LogP contribution < -0.4 is 0 Å². The zero-order valence-electron chi connectivity index (χ0n) is 28.0. The molecule has 0 amide bonds. The van der Waals surface area contributed by atoms with E-state index < -0.39 is 0 Å². The smallest absolute Gasteiger partial charge is 0.235 e. The Kier molecular flexibility index (Phi) is 6.42. The van der Waals surface area contributed by atoms with E-state index in [1.165, 1.54) is 52.8 Å². The van der Waals surface area contributed by atoms with Crippen molar-refractivity contribution in [3.63, 3.8) is 0 Å². The second-order valence-electron chi connectivity index (χ2n) is 13.4. The van der Waals surface area contributed by atoms with Gasteiger partial charge in [-0.25, -0.2) is 9.97 Å². The first-order chi connectivity index (χ1) is 25.8. The van der Waals surface area contributed by atoms with Crippen LogP contribution in [0.4, 0.5) is 0 Å². The van der Waals surface area contributed by atoms with E-state index in [9.17, 15) is 0 Å². The molecule has 0 fully saturated rings. The van der Waals surface area contributed by atoms with Gasteiger partial charge in [0, 0.05) is 47.5 Å². The number of aromatic nitrogens is 3. The number of benzene rings is 8. The first-order valence-electron chi connectivity index (χ1n) is 17.6. The van der Waals surface area contributed by atoms with E-state index in [0.29, 0.717) is 5.95 Å². The van der Waals surface area contributed by atoms with Gasteiger partial charge in [0.2, 0.25) is 5.95 Å². The summed E-state index contributed by atoms with van der Waals surface area (Å²) in [4.78, 5) is 10.7. The monoisotopic (exact) mass is 679 g/mol. The molecule has 0 N–H and O–H groups in total. The summed E-state index contributed by atoms with van der Waals surface area (Å²) >= 11 is 1.85. The molecule has 0 spiro atoms. The van der Waals surface area contributed by atoms with Crippen molar-refractivity contribution in [2.75, 3.05) is 0 Å². The van der Waals surface area contributed by atoms with Crippen LogP contribution in [0.3, 0.4) is 0 Å². The lowest BCUT2D eigenvalue weighted by Gasteiger charge is -2.14. The lowest BCUT2D eigenvalue weighted by atomic mass is 9.96. The number of rotatable bonds is 4. The summed E-state index contributed by atoms with van der Waals surface area (Å²) in [5, 5.41) is 8.40. The molecule has 8 aromatic carbocycles. The summed E-state index contributed by atoms with van der Waals surface area (Å²) in [6.07, 6.45) is 0. The fourth-order valence-electron chi connectivity index (χ4n) is 7.94. The Balaban J connectivity index is 1.19. The van der Waals surface area contributed by atoms with E-state index in [2.05, 4.69) is 174 Å². The van der Waals surface area contributed by atoms with E-state index in [-0.39, 0.29) is 0 Å². The minimum Gasteiger partial charge on any atom is -0.277 e. The van der Waals surface area contributed by atoms with E-state index in [0.717, 1.165) is 44.3 Å². The van der Waals surface area contributed by atoms with Gasteiger partial charge in [0.1, 0.15) is 0 Å².